The van der Waals surface area contributed by atoms with Crippen molar-refractivity contribution in [1.82, 2.24) is 4.57 Å². The first kappa shape index (κ1) is 19.6. The Morgan fingerprint density at radius 1 is 0.750 bits per heavy atom. The molecule has 5 rings (SSSR count). The Balaban J connectivity index is 1.41. The molecule has 0 saturated carbocycles. The molecule has 0 saturated heterocycles. The average molecular weight is 415 g/mol. The number of aromatic nitrogens is 1. The van der Waals surface area contributed by atoms with Gasteiger partial charge in [-0.15, -0.1) is 0 Å². The summed E-state index contributed by atoms with van der Waals surface area (Å²) < 4.78 is 7.33. The lowest BCUT2D eigenvalue weighted by Crippen LogP contribution is -2.02. The van der Waals surface area contributed by atoms with Crippen LogP contribution in [0.3, 0.4) is 0 Å². The molecule has 3 heteroatoms. The number of para-hydroxylation sites is 1. The monoisotopic (exact) mass is 415 g/mol. The quantitative estimate of drug-likeness (QED) is 0.133. The summed E-state index contributed by atoms with van der Waals surface area (Å²) in [5.41, 5.74) is 4.51. The van der Waals surface area contributed by atoms with Crippen LogP contribution in [-0.4, -0.2) is 10.5 Å². The molecule has 0 amide bonds. The van der Waals surface area contributed by atoms with Crippen molar-refractivity contribution in [2.24, 2.45) is 0 Å². The molecule has 0 atom stereocenters. The zero-order valence-corrected chi connectivity index (χ0v) is 17.4. The van der Waals surface area contributed by atoms with Crippen molar-refractivity contribution in [3.63, 3.8) is 0 Å². The van der Waals surface area contributed by atoms with Crippen molar-refractivity contribution in [2.45, 2.75) is 0 Å². The van der Waals surface area contributed by atoms with E-state index in [0.29, 0.717) is 5.75 Å². The first-order valence-corrected chi connectivity index (χ1v) is 10.4. The number of hydrogen-bond acceptors (Lipinski definition) is 2. The first-order chi connectivity index (χ1) is 15.7. The van der Waals surface area contributed by atoms with Gasteiger partial charge in [0.15, 0.2) is 0 Å². The number of benzene rings is 4. The van der Waals surface area contributed by atoms with E-state index in [1.807, 2.05) is 24.3 Å². The van der Waals surface area contributed by atoms with E-state index >= 15 is 0 Å². The highest BCUT2D eigenvalue weighted by atomic mass is 16.5. The fraction of sp³-hybridized carbons (Fsp3) is 0. The number of carbonyl (C=O) groups excluding carboxylic acids is 1. The minimum atomic E-state index is -0.460. The van der Waals surface area contributed by atoms with Crippen molar-refractivity contribution in [3.05, 3.63) is 121 Å². The molecule has 0 aliphatic carbocycles. The molecular formula is C29H21NO2. The van der Waals surface area contributed by atoms with Crippen molar-refractivity contribution in [3.8, 4) is 11.4 Å². The zero-order valence-electron chi connectivity index (χ0n) is 17.4. The Kier molecular flexibility index (Phi) is 5.14. The number of esters is 1. The summed E-state index contributed by atoms with van der Waals surface area (Å²) in [5.74, 6) is 0.0434. The van der Waals surface area contributed by atoms with Crippen LogP contribution < -0.4 is 4.74 Å². The minimum absolute atomic E-state index is 0.460. The van der Waals surface area contributed by atoms with Gasteiger partial charge < -0.3 is 9.30 Å². The summed E-state index contributed by atoms with van der Waals surface area (Å²) in [6.45, 7) is 3.40. The van der Waals surface area contributed by atoms with Crippen LogP contribution in [0.4, 0.5) is 0 Å². The molecule has 4 aromatic carbocycles. The fourth-order valence-corrected chi connectivity index (χ4v) is 3.81. The Hall–Kier alpha value is -4.37. The lowest BCUT2D eigenvalue weighted by atomic mass is 10.0. The first-order valence-electron chi connectivity index (χ1n) is 10.4. The van der Waals surface area contributed by atoms with Gasteiger partial charge in [0.2, 0.25) is 0 Å². The number of nitrogens with zero attached hydrogens (tertiary/aromatic N) is 1. The molecule has 0 fully saturated rings. The van der Waals surface area contributed by atoms with Gasteiger partial charge >= 0.3 is 5.97 Å². The maximum absolute atomic E-state index is 11.3. The second-order valence-corrected chi connectivity index (χ2v) is 7.57. The molecule has 0 aliphatic rings. The van der Waals surface area contributed by atoms with E-state index in [4.69, 9.17) is 4.74 Å². The van der Waals surface area contributed by atoms with E-state index in [1.165, 1.54) is 21.7 Å². The molecule has 32 heavy (non-hydrogen) atoms. The molecule has 3 nitrogen and oxygen atoms in total. The summed E-state index contributed by atoms with van der Waals surface area (Å²) in [4.78, 5) is 11.3. The molecule has 0 N–H and O–H groups in total. The van der Waals surface area contributed by atoms with E-state index in [-0.39, 0.29) is 0 Å². The molecule has 1 heterocycles. The van der Waals surface area contributed by atoms with E-state index in [2.05, 4.69) is 84.1 Å². The number of ether oxygens (including phenoxy) is 1. The second kappa shape index (κ2) is 8.40. The van der Waals surface area contributed by atoms with E-state index < -0.39 is 5.97 Å². The predicted molar refractivity (Wildman–Crippen MR) is 132 cm³/mol. The van der Waals surface area contributed by atoms with Gasteiger partial charge in [0.25, 0.3) is 0 Å². The topological polar surface area (TPSA) is 31.2 Å². The van der Waals surface area contributed by atoms with Crippen LogP contribution in [0.25, 0.3) is 39.5 Å². The van der Waals surface area contributed by atoms with Crippen molar-refractivity contribution >= 4 is 39.8 Å². The van der Waals surface area contributed by atoms with Crippen LogP contribution in [0.2, 0.25) is 0 Å². The zero-order chi connectivity index (χ0) is 21.9. The molecular weight excluding hydrogens is 394 g/mol. The van der Waals surface area contributed by atoms with Crippen LogP contribution in [0.5, 0.6) is 5.75 Å². The van der Waals surface area contributed by atoms with Gasteiger partial charge in [0.05, 0.1) is 5.52 Å². The Morgan fingerprint density at radius 3 is 2.28 bits per heavy atom. The van der Waals surface area contributed by atoms with Gasteiger partial charge in [-0.2, -0.15) is 0 Å². The number of hydrogen-bond donors (Lipinski definition) is 0. The predicted octanol–water partition coefficient (Wildman–Crippen LogP) is 7.05. The van der Waals surface area contributed by atoms with Gasteiger partial charge in [-0.25, -0.2) is 4.79 Å². The minimum Gasteiger partial charge on any atom is -0.423 e. The van der Waals surface area contributed by atoms with Gasteiger partial charge in [-0.1, -0.05) is 61.2 Å². The van der Waals surface area contributed by atoms with Gasteiger partial charge in [-0.3, -0.25) is 0 Å². The average Bonchev–Trinajstić information content (AvgIpc) is 3.25. The van der Waals surface area contributed by atoms with Crippen LogP contribution >= 0.6 is 0 Å². The van der Waals surface area contributed by atoms with Crippen LogP contribution in [0, 0.1) is 0 Å². The number of rotatable bonds is 5. The molecule has 0 aliphatic heterocycles. The third-order valence-corrected chi connectivity index (χ3v) is 5.44. The fourth-order valence-electron chi connectivity index (χ4n) is 3.81. The van der Waals surface area contributed by atoms with Crippen molar-refractivity contribution < 1.29 is 9.53 Å². The van der Waals surface area contributed by atoms with Gasteiger partial charge in [-0.05, 0) is 70.4 Å². The molecule has 154 valence electrons. The van der Waals surface area contributed by atoms with E-state index in [9.17, 15) is 4.79 Å². The molecule has 5 aromatic rings. The lowest BCUT2D eigenvalue weighted by molar-refractivity contribution is -0.128. The highest BCUT2D eigenvalue weighted by molar-refractivity contribution is 5.98. The van der Waals surface area contributed by atoms with Gasteiger partial charge in [0.1, 0.15) is 5.75 Å². The summed E-state index contributed by atoms with van der Waals surface area (Å²) in [6, 6.07) is 30.9. The highest BCUT2D eigenvalue weighted by Crippen LogP contribution is 2.27. The normalized spacial score (nSPS) is 11.2. The smallest absolute Gasteiger partial charge is 0.335 e. The standard InChI is InChI=1S/C29H21NO2/c1-2-29(31)32-27-14-11-21(12-15-27)8-9-22-10-13-23-20-28-24(19-25(23)18-22)16-17-30(28)26-6-4-3-5-7-26/h2-20H,1H2. The Bertz CT molecular complexity index is 1460. The largest absolute Gasteiger partial charge is 0.423 e. The number of fused-ring (bicyclic) bond motifs is 2. The second-order valence-electron chi connectivity index (χ2n) is 7.57. The van der Waals surface area contributed by atoms with E-state index in [0.717, 1.165) is 22.9 Å². The third kappa shape index (κ3) is 3.96. The highest BCUT2D eigenvalue weighted by Gasteiger charge is 2.05. The molecule has 0 radical (unpaired) electrons. The molecule has 0 spiro atoms. The van der Waals surface area contributed by atoms with Crippen molar-refractivity contribution in [1.29, 1.82) is 0 Å². The Morgan fingerprint density at radius 2 is 1.50 bits per heavy atom. The summed E-state index contributed by atoms with van der Waals surface area (Å²) >= 11 is 0. The molecule has 0 bridgehead atoms. The maximum Gasteiger partial charge on any atom is 0.335 e. The number of carbonyl (C=O) groups is 1. The van der Waals surface area contributed by atoms with Crippen molar-refractivity contribution in [2.75, 3.05) is 0 Å². The summed E-state index contributed by atoms with van der Waals surface area (Å²) in [5, 5.41) is 3.63. The summed E-state index contributed by atoms with van der Waals surface area (Å²) in [7, 11) is 0. The Labute approximate surface area is 186 Å². The van der Waals surface area contributed by atoms with Crippen LogP contribution in [-0.2, 0) is 4.79 Å². The third-order valence-electron chi connectivity index (χ3n) is 5.44. The SMILES string of the molecule is C=CC(=O)Oc1ccc(C=Cc2ccc3cc4c(ccn4-c4ccccc4)cc3c2)cc1. The van der Waals surface area contributed by atoms with Gasteiger partial charge in [0, 0.05) is 23.3 Å². The molecule has 0 unspecified atom stereocenters. The van der Waals surface area contributed by atoms with Crippen LogP contribution in [0.1, 0.15) is 11.1 Å². The van der Waals surface area contributed by atoms with E-state index in [1.54, 1.807) is 12.1 Å². The van der Waals surface area contributed by atoms with Crippen LogP contribution in [0.15, 0.2) is 110 Å². The summed E-state index contributed by atoms with van der Waals surface area (Å²) in [6.07, 6.45) is 7.40. The maximum atomic E-state index is 11.3. The lowest BCUT2D eigenvalue weighted by Gasteiger charge is -2.07. The molecule has 1 aromatic heterocycles.